The average Bonchev–Trinajstić information content (AvgIpc) is 3.38. The summed E-state index contributed by atoms with van der Waals surface area (Å²) in [7, 11) is 1.68. The van der Waals surface area contributed by atoms with Gasteiger partial charge in [0, 0.05) is 30.4 Å². The standard InChI is InChI=1S/C26H27N3O3/c1-18-7-12-24(27-14-18)28-25(30)23-13-26(17-32-23)16-29(22-6-4-3-5-21(22)26)15-19-8-10-20(31-2)11-9-19/h3-12,14,23H,13,15-17H2,1-2H3,(H,27,28,30). The van der Waals surface area contributed by atoms with E-state index in [1.807, 2.05) is 31.2 Å². The Morgan fingerprint density at radius 2 is 2.00 bits per heavy atom. The van der Waals surface area contributed by atoms with Crippen LogP contribution in [0.1, 0.15) is 23.1 Å². The molecular weight excluding hydrogens is 402 g/mol. The highest BCUT2D eigenvalue weighted by Gasteiger charge is 2.50. The Hall–Kier alpha value is -3.38. The summed E-state index contributed by atoms with van der Waals surface area (Å²) in [6.45, 7) is 4.12. The normalized spacial score (nSPS) is 21.6. The molecule has 0 bridgehead atoms. The number of aryl methyl sites for hydroxylation is 1. The molecule has 3 aromatic rings. The zero-order valence-corrected chi connectivity index (χ0v) is 18.4. The first-order chi connectivity index (χ1) is 15.6. The van der Waals surface area contributed by atoms with Crippen LogP contribution in [0.15, 0.2) is 66.9 Å². The molecule has 2 aliphatic heterocycles. The van der Waals surface area contributed by atoms with Gasteiger partial charge in [0.15, 0.2) is 0 Å². The third-order valence-electron chi connectivity index (χ3n) is 6.43. The molecule has 1 saturated heterocycles. The van der Waals surface area contributed by atoms with Gasteiger partial charge in [0.1, 0.15) is 17.7 Å². The van der Waals surface area contributed by atoms with Crippen molar-refractivity contribution in [1.29, 1.82) is 0 Å². The fraction of sp³-hybridized carbons (Fsp3) is 0.308. The Morgan fingerprint density at radius 1 is 1.19 bits per heavy atom. The van der Waals surface area contributed by atoms with Crippen molar-refractivity contribution in [3.8, 4) is 5.75 Å². The number of ether oxygens (including phenoxy) is 2. The highest BCUT2D eigenvalue weighted by molar-refractivity contribution is 5.93. The third-order valence-corrected chi connectivity index (χ3v) is 6.43. The van der Waals surface area contributed by atoms with Gasteiger partial charge in [-0.15, -0.1) is 0 Å². The first-order valence-electron chi connectivity index (χ1n) is 10.9. The number of amides is 1. The molecule has 6 nitrogen and oxygen atoms in total. The Morgan fingerprint density at radius 3 is 2.75 bits per heavy atom. The molecule has 2 aliphatic rings. The zero-order chi connectivity index (χ0) is 22.1. The number of hydrogen-bond donors (Lipinski definition) is 1. The van der Waals surface area contributed by atoms with Crippen LogP contribution in [0.4, 0.5) is 11.5 Å². The summed E-state index contributed by atoms with van der Waals surface area (Å²) < 4.78 is 11.3. The summed E-state index contributed by atoms with van der Waals surface area (Å²) in [5.74, 6) is 1.27. The summed E-state index contributed by atoms with van der Waals surface area (Å²) in [6, 6.07) is 20.4. The zero-order valence-electron chi connectivity index (χ0n) is 18.4. The van der Waals surface area contributed by atoms with Crippen LogP contribution < -0.4 is 15.0 Å². The van der Waals surface area contributed by atoms with Crippen LogP contribution in [-0.4, -0.2) is 37.3 Å². The first-order valence-corrected chi connectivity index (χ1v) is 10.9. The number of aromatic nitrogens is 1. The summed E-state index contributed by atoms with van der Waals surface area (Å²) in [5.41, 5.74) is 4.56. The first kappa shape index (κ1) is 20.5. The van der Waals surface area contributed by atoms with Crippen molar-refractivity contribution in [1.82, 2.24) is 4.98 Å². The van der Waals surface area contributed by atoms with Crippen molar-refractivity contribution in [3.63, 3.8) is 0 Å². The number of hydrogen-bond acceptors (Lipinski definition) is 5. The monoisotopic (exact) mass is 429 g/mol. The van der Waals surface area contributed by atoms with Crippen molar-refractivity contribution in [2.24, 2.45) is 0 Å². The number of fused-ring (bicyclic) bond motifs is 2. The SMILES string of the molecule is COc1ccc(CN2CC3(COC(C(=O)Nc4ccc(C)cn4)C3)c3ccccc32)cc1. The molecule has 0 radical (unpaired) electrons. The van der Waals surface area contributed by atoms with Crippen LogP contribution in [0.5, 0.6) is 5.75 Å². The van der Waals surface area contributed by atoms with Gasteiger partial charge in [-0.05, 0) is 54.3 Å². The van der Waals surface area contributed by atoms with Gasteiger partial charge in [0.25, 0.3) is 5.91 Å². The number of methoxy groups -OCH3 is 1. The van der Waals surface area contributed by atoms with Crippen molar-refractivity contribution in [2.75, 3.05) is 30.5 Å². The molecule has 5 rings (SSSR count). The largest absolute Gasteiger partial charge is 0.497 e. The summed E-state index contributed by atoms with van der Waals surface area (Å²) in [4.78, 5) is 19.6. The van der Waals surface area contributed by atoms with E-state index in [1.54, 1.807) is 13.3 Å². The van der Waals surface area contributed by atoms with Crippen LogP contribution in [0.2, 0.25) is 0 Å². The van der Waals surface area contributed by atoms with E-state index in [4.69, 9.17) is 9.47 Å². The number of nitrogens with zero attached hydrogens (tertiary/aromatic N) is 2. The fourth-order valence-electron chi connectivity index (χ4n) is 4.77. The minimum Gasteiger partial charge on any atom is -0.497 e. The lowest BCUT2D eigenvalue weighted by molar-refractivity contribution is -0.124. The molecule has 0 aliphatic carbocycles. The van der Waals surface area contributed by atoms with E-state index in [0.29, 0.717) is 18.8 Å². The minimum atomic E-state index is -0.493. The third kappa shape index (κ3) is 3.82. The lowest BCUT2D eigenvalue weighted by Gasteiger charge is -2.24. The number of carbonyl (C=O) groups excluding carboxylic acids is 1. The molecule has 32 heavy (non-hydrogen) atoms. The molecule has 1 amide bonds. The lowest BCUT2D eigenvalue weighted by Crippen LogP contribution is -2.35. The smallest absolute Gasteiger partial charge is 0.254 e. The molecule has 1 N–H and O–H groups in total. The Kier molecular flexibility index (Phi) is 5.31. The highest BCUT2D eigenvalue weighted by atomic mass is 16.5. The number of carbonyl (C=O) groups is 1. The number of rotatable bonds is 5. The second-order valence-electron chi connectivity index (χ2n) is 8.72. The number of benzene rings is 2. The molecule has 2 atom stereocenters. The second kappa shape index (κ2) is 8.28. The van der Waals surface area contributed by atoms with Gasteiger partial charge >= 0.3 is 0 Å². The molecule has 6 heteroatoms. The Bertz CT molecular complexity index is 1110. The van der Waals surface area contributed by atoms with E-state index in [-0.39, 0.29) is 11.3 Å². The van der Waals surface area contributed by atoms with E-state index in [0.717, 1.165) is 24.4 Å². The number of nitrogens with one attached hydrogen (secondary N) is 1. The Labute approximate surface area is 188 Å². The number of para-hydroxylation sites is 1. The van der Waals surface area contributed by atoms with E-state index in [2.05, 4.69) is 51.6 Å². The maximum absolute atomic E-state index is 12.9. The van der Waals surface area contributed by atoms with E-state index in [9.17, 15) is 4.79 Å². The van der Waals surface area contributed by atoms with Crippen LogP contribution in [0.3, 0.4) is 0 Å². The summed E-state index contributed by atoms with van der Waals surface area (Å²) in [6.07, 6.45) is 1.91. The lowest BCUT2D eigenvalue weighted by atomic mass is 9.80. The highest BCUT2D eigenvalue weighted by Crippen LogP contribution is 2.47. The van der Waals surface area contributed by atoms with Crippen molar-refractivity contribution in [2.45, 2.75) is 31.4 Å². The number of pyridine rings is 1. The van der Waals surface area contributed by atoms with E-state index >= 15 is 0 Å². The molecule has 2 aromatic carbocycles. The van der Waals surface area contributed by atoms with Crippen LogP contribution in [0.25, 0.3) is 0 Å². The maximum atomic E-state index is 12.9. The van der Waals surface area contributed by atoms with Crippen molar-refractivity contribution >= 4 is 17.4 Å². The quantitative estimate of drug-likeness (QED) is 0.662. The predicted molar refractivity (Wildman–Crippen MR) is 124 cm³/mol. The topological polar surface area (TPSA) is 63.7 Å². The fourth-order valence-corrected chi connectivity index (χ4v) is 4.77. The van der Waals surface area contributed by atoms with Crippen LogP contribution in [-0.2, 0) is 21.5 Å². The minimum absolute atomic E-state index is 0.135. The van der Waals surface area contributed by atoms with Gasteiger partial charge in [0.2, 0.25) is 0 Å². The summed E-state index contributed by atoms with van der Waals surface area (Å²) >= 11 is 0. The molecule has 1 spiro atoms. The predicted octanol–water partition coefficient (Wildman–Crippen LogP) is 4.08. The van der Waals surface area contributed by atoms with Gasteiger partial charge < -0.3 is 19.7 Å². The van der Waals surface area contributed by atoms with Gasteiger partial charge in [-0.1, -0.05) is 36.4 Å². The molecule has 164 valence electrons. The average molecular weight is 430 g/mol. The molecule has 2 unspecified atom stereocenters. The maximum Gasteiger partial charge on any atom is 0.254 e. The van der Waals surface area contributed by atoms with Gasteiger partial charge in [0.05, 0.1) is 13.7 Å². The van der Waals surface area contributed by atoms with Crippen LogP contribution >= 0.6 is 0 Å². The van der Waals surface area contributed by atoms with Crippen molar-refractivity contribution in [3.05, 3.63) is 83.6 Å². The van der Waals surface area contributed by atoms with E-state index < -0.39 is 6.10 Å². The molecule has 0 saturated carbocycles. The number of anilines is 2. The van der Waals surface area contributed by atoms with Gasteiger partial charge in [-0.2, -0.15) is 0 Å². The second-order valence-corrected chi connectivity index (χ2v) is 8.72. The molecule has 1 aromatic heterocycles. The van der Waals surface area contributed by atoms with Gasteiger partial charge in [-0.3, -0.25) is 4.79 Å². The van der Waals surface area contributed by atoms with Crippen LogP contribution in [0, 0.1) is 6.92 Å². The Balaban J connectivity index is 1.33. The molecular formula is C26H27N3O3. The molecule has 3 heterocycles. The summed E-state index contributed by atoms with van der Waals surface area (Å²) in [5, 5.41) is 2.90. The molecule has 1 fully saturated rings. The van der Waals surface area contributed by atoms with Gasteiger partial charge in [-0.25, -0.2) is 4.98 Å². The van der Waals surface area contributed by atoms with E-state index in [1.165, 1.54) is 16.8 Å². The van der Waals surface area contributed by atoms with Crippen molar-refractivity contribution < 1.29 is 14.3 Å².